The van der Waals surface area contributed by atoms with Gasteiger partial charge in [-0.2, -0.15) is 0 Å². The van der Waals surface area contributed by atoms with E-state index in [0.717, 1.165) is 11.1 Å². The molecule has 0 N–H and O–H groups in total. The molecule has 2 atom stereocenters. The molecule has 100 valence electrons. The molecule has 0 heterocycles. The number of alkyl halides is 1. The van der Waals surface area contributed by atoms with Gasteiger partial charge in [0.05, 0.1) is 4.92 Å². The molecule has 18 heavy (non-hydrogen) atoms. The zero-order valence-corrected chi connectivity index (χ0v) is 13.2. The van der Waals surface area contributed by atoms with Crippen molar-refractivity contribution in [2.75, 3.05) is 0 Å². The highest BCUT2D eigenvalue weighted by Crippen LogP contribution is 2.38. The van der Waals surface area contributed by atoms with Crippen molar-refractivity contribution in [3.05, 3.63) is 38.4 Å². The molecule has 1 aromatic carbocycles. The molecule has 3 nitrogen and oxygen atoms in total. The molecule has 0 aliphatic rings. The van der Waals surface area contributed by atoms with Crippen molar-refractivity contribution in [2.24, 2.45) is 5.92 Å². The number of hydrogen-bond donors (Lipinski definition) is 0. The number of hydrogen-bond acceptors (Lipinski definition) is 2. The maximum atomic E-state index is 10.8. The monoisotopic (exact) mass is 333 g/mol. The molecular formula is C13H17BrClNO2. The van der Waals surface area contributed by atoms with Crippen LogP contribution in [0.25, 0.3) is 0 Å². The largest absolute Gasteiger partial charge is 0.288 e. The predicted molar refractivity (Wildman–Crippen MR) is 78.8 cm³/mol. The molecule has 2 unspecified atom stereocenters. The lowest BCUT2D eigenvalue weighted by atomic mass is 9.84. The van der Waals surface area contributed by atoms with E-state index < -0.39 is 4.92 Å². The summed E-state index contributed by atoms with van der Waals surface area (Å²) in [6.07, 6.45) is 0. The molecule has 0 aromatic heterocycles. The smallest absolute Gasteiger partial charge is 0.258 e. The summed E-state index contributed by atoms with van der Waals surface area (Å²) in [5.41, 5.74) is 1.96. The molecule has 5 heteroatoms. The predicted octanol–water partition coefficient (Wildman–Crippen LogP) is 5.08. The highest BCUT2D eigenvalue weighted by atomic mass is 79.9. The van der Waals surface area contributed by atoms with E-state index in [-0.39, 0.29) is 21.5 Å². The van der Waals surface area contributed by atoms with Gasteiger partial charge in [-0.05, 0) is 36.0 Å². The first-order chi connectivity index (χ1) is 8.25. The number of aryl methyl sites for hydroxylation is 1. The highest BCUT2D eigenvalue weighted by molar-refractivity contribution is 9.09. The standard InChI is InChI=1S/C13H17BrClNO2/c1-7(2)13(9(4)14)10-6-11(15)12(16(17)18)5-8(10)3/h5-7,9,13H,1-4H3. The lowest BCUT2D eigenvalue weighted by molar-refractivity contribution is -0.384. The van der Waals surface area contributed by atoms with E-state index in [1.54, 1.807) is 12.1 Å². The Morgan fingerprint density at radius 3 is 2.28 bits per heavy atom. The average molecular weight is 335 g/mol. The first-order valence-corrected chi connectivity index (χ1v) is 7.13. The summed E-state index contributed by atoms with van der Waals surface area (Å²) in [5.74, 6) is 0.707. The van der Waals surface area contributed by atoms with Gasteiger partial charge in [-0.15, -0.1) is 0 Å². The minimum atomic E-state index is -0.443. The number of nitro benzene ring substituents is 1. The third-order valence-corrected chi connectivity index (χ3v) is 3.98. The molecule has 0 fully saturated rings. The van der Waals surface area contributed by atoms with Gasteiger partial charge in [0, 0.05) is 10.9 Å². The summed E-state index contributed by atoms with van der Waals surface area (Å²) in [7, 11) is 0. The number of halogens is 2. The normalized spacial score (nSPS) is 14.6. The second-order valence-corrected chi connectivity index (χ2v) is 6.72. The molecule has 0 saturated carbocycles. The molecular weight excluding hydrogens is 318 g/mol. The maximum Gasteiger partial charge on any atom is 0.288 e. The van der Waals surface area contributed by atoms with E-state index in [2.05, 4.69) is 36.7 Å². The number of rotatable bonds is 4. The second kappa shape index (κ2) is 6.02. The van der Waals surface area contributed by atoms with Crippen LogP contribution in [-0.2, 0) is 0 Å². The number of nitrogens with zero attached hydrogens (tertiary/aromatic N) is 1. The quantitative estimate of drug-likeness (QED) is 0.438. The maximum absolute atomic E-state index is 10.8. The molecule has 0 amide bonds. The van der Waals surface area contributed by atoms with Gasteiger partial charge in [0.15, 0.2) is 0 Å². The first-order valence-electron chi connectivity index (χ1n) is 5.84. The molecule has 1 rings (SSSR count). The summed E-state index contributed by atoms with van der Waals surface area (Å²) in [6.45, 7) is 8.25. The van der Waals surface area contributed by atoms with Crippen LogP contribution in [0.5, 0.6) is 0 Å². The number of nitro groups is 1. The Morgan fingerprint density at radius 1 is 1.33 bits per heavy atom. The van der Waals surface area contributed by atoms with Crippen LogP contribution in [0, 0.1) is 23.0 Å². The van der Waals surface area contributed by atoms with Gasteiger partial charge in [-0.25, -0.2) is 0 Å². The minimum absolute atomic E-state index is 0.0253. The molecule has 0 spiro atoms. The Hall–Kier alpha value is -0.610. The summed E-state index contributed by atoms with van der Waals surface area (Å²) >= 11 is 9.60. The molecule has 0 saturated heterocycles. The van der Waals surface area contributed by atoms with Gasteiger partial charge in [0.25, 0.3) is 5.69 Å². The van der Waals surface area contributed by atoms with Crippen LogP contribution in [0.2, 0.25) is 5.02 Å². The van der Waals surface area contributed by atoms with Crippen molar-refractivity contribution in [3.63, 3.8) is 0 Å². The van der Waals surface area contributed by atoms with Crippen LogP contribution in [0.4, 0.5) is 5.69 Å². The minimum Gasteiger partial charge on any atom is -0.258 e. The van der Waals surface area contributed by atoms with E-state index in [1.807, 2.05) is 6.92 Å². The van der Waals surface area contributed by atoms with Gasteiger partial charge < -0.3 is 0 Å². The lowest BCUT2D eigenvalue weighted by Gasteiger charge is -2.26. The van der Waals surface area contributed by atoms with Crippen molar-refractivity contribution >= 4 is 33.2 Å². The lowest BCUT2D eigenvalue weighted by Crippen LogP contribution is -2.16. The summed E-state index contributed by atoms with van der Waals surface area (Å²) in [5, 5.41) is 11.0. The van der Waals surface area contributed by atoms with Crippen molar-refractivity contribution in [2.45, 2.75) is 38.4 Å². The molecule has 1 aromatic rings. The SMILES string of the molecule is Cc1cc([N+](=O)[O-])c(Cl)cc1C(C(C)C)C(C)Br. The Bertz CT molecular complexity index is 453. The first kappa shape index (κ1) is 15.4. The van der Waals surface area contributed by atoms with E-state index in [9.17, 15) is 10.1 Å². The van der Waals surface area contributed by atoms with Crippen molar-refractivity contribution in [1.82, 2.24) is 0 Å². The van der Waals surface area contributed by atoms with Crippen LogP contribution in [0.15, 0.2) is 12.1 Å². The Labute approximate surface area is 121 Å². The molecule has 0 aliphatic carbocycles. The topological polar surface area (TPSA) is 43.1 Å². The van der Waals surface area contributed by atoms with Crippen LogP contribution in [-0.4, -0.2) is 9.75 Å². The second-order valence-electron chi connectivity index (χ2n) is 4.86. The van der Waals surface area contributed by atoms with E-state index in [1.165, 1.54) is 0 Å². The van der Waals surface area contributed by atoms with Gasteiger partial charge >= 0.3 is 0 Å². The zero-order chi connectivity index (χ0) is 14.0. The van der Waals surface area contributed by atoms with Gasteiger partial charge in [-0.1, -0.05) is 48.3 Å². The average Bonchev–Trinajstić information content (AvgIpc) is 2.21. The van der Waals surface area contributed by atoms with E-state index >= 15 is 0 Å². The molecule has 0 bridgehead atoms. The van der Waals surface area contributed by atoms with Crippen LogP contribution in [0.3, 0.4) is 0 Å². The Balaban J connectivity index is 3.34. The van der Waals surface area contributed by atoms with Crippen molar-refractivity contribution < 1.29 is 4.92 Å². The Kier molecular flexibility index (Phi) is 5.17. The molecule has 0 aliphatic heterocycles. The summed E-state index contributed by atoms with van der Waals surface area (Å²) in [4.78, 5) is 10.7. The van der Waals surface area contributed by atoms with Crippen LogP contribution >= 0.6 is 27.5 Å². The third-order valence-electron chi connectivity index (χ3n) is 3.10. The fraction of sp³-hybridized carbons (Fsp3) is 0.538. The number of benzene rings is 1. The van der Waals surface area contributed by atoms with Gasteiger partial charge in [-0.3, -0.25) is 10.1 Å². The van der Waals surface area contributed by atoms with Crippen LogP contribution in [0.1, 0.15) is 37.8 Å². The highest BCUT2D eigenvalue weighted by Gasteiger charge is 2.25. The Morgan fingerprint density at radius 2 is 1.89 bits per heavy atom. The zero-order valence-electron chi connectivity index (χ0n) is 10.9. The van der Waals surface area contributed by atoms with Crippen molar-refractivity contribution in [1.29, 1.82) is 0 Å². The fourth-order valence-electron chi connectivity index (χ4n) is 2.32. The van der Waals surface area contributed by atoms with Gasteiger partial charge in [0.2, 0.25) is 0 Å². The third kappa shape index (κ3) is 3.23. The summed E-state index contributed by atoms with van der Waals surface area (Å²) < 4.78 is 0. The van der Waals surface area contributed by atoms with E-state index in [4.69, 9.17) is 11.6 Å². The van der Waals surface area contributed by atoms with Crippen LogP contribution < -0.4 is 0 Å². The molecule has 0 radical (unpaired) electrons. The fourth-order valence-corrected chi connectivity index (χ4v) is 3.45. The summed E-state index contributed by atoms with van der Waals surface area (Å²) in [6, 6.07) is 3.29. The van der Waals surface area contributed by atoms with E-state index in [0.29, 0.717) is 5.92 Å². The van der Waals surface area contributed by atoms with Crippen molar-refractivity contribution in [3.8, 4) is 0 Å². The van der Waals surface area contributed by atoms with Gasteiger partial charge in [0.1, 0.15) is 5.02 Å².